The molecule has 0 N–H and O–H groups in total. The van der Waals surface area contributed by atoms with Gasteiger partial charge in [-0.1, -0.05) is 146 Å². The first-order valence-electron chi connectivity index (χ1n) is 18.9. The van der Waals surface area contributed by atoms with Crippen LogP contribution in [-0.2, 0) is 0 Å². The number of para-hydroxylation sites is 4. The topological polar surface area (TPSA) is 65.0 Å². The number of fused-ring (bicyclic) bond motifs is 9. The van der Waals surface area contributed by atoms with Gasteiger partial charge in [0.1, 0.15) is 22.3 Å². The van der Waals surface area contributed by atoms with Crippen LogP contribution < -0.4 is 0 Å². The maximum absolute atomic E-state index is 7.04. The Morgan fingerprint density at radius 2 is 0.860 bits per heavy atom. The van der Waals surface area contributed by atoms with Gasteiger partial charge in [-0.2, -0.15) is 0 Å². The molecule has 57 heavy (non-hydrogen) atoms. The molecule has 12 aromatic rings. The van der Waals surface area contributed by atoms with E-state index in [0.717, 1.165) is 82.8 Å². The Hall–Kier alpha value is -7.41. The van der Waals surface area contributed by atoms with Gasteiger partial charge in [-0.3, -0.25) is 0 Å². The third kappa shape index (κ3) is 5.04. The first kappa shape index (κ1) is 31.9. The fraction of sp³-hybridized carbons (Fsp3) is 0. The highest BCUT2D eigenvalue weighted by atomic mass is 32.1. The Morgan fingerprint density at radius 1 is 0.333 bits per heavy atom. The van der Waals surface area contributed by atoms with Gasteiger partial charge in [0, 0.05) is 69.5 Å². The molecule has 0 bridgehead atoms. The van der Waals surface area contributed by atoms with Crippen LogP contribution in [0.2, 0.25) is 0 Å². The van der Waals surface area contributed by atoms with Gasteiger partial charge in [-0.05, 0) is 35.9 Å². The number of furan rings is 2. The third-order valence-corrected chi connectivity index (χ3v) is 12.2. The summed E-state index contributed by atoms with van der Waals surface area (Å²) in [5.41, 5.74) is 10.3. The zero-order chi connectivity index (χ0) is 37.5. The molecule has 0 aliphatic heterocycles. The van der Waals surface area contributed by atoms with E-state index >= 15 is 0 Å². The van der Waals surface area contributed by atoms with Crippen LogP contribution in [0.1, 0.15) is 0 Å². The summed E-state index contributed by atoms with van der Waals surface area (Å²) in [6, 6.07) is 60.8. The summed E-state index contributed by atoms with van der Waals surface area (Å²) in [7, 11) is 0. The monoisotopic (exact) mass is 747 g/mol. The molecule has 0 radical (unpaired) electrons. The summed E-state index contributed by atoms with van der Waals surface area (Å²) >= 11 is 1.82. The third-order valence-electron chi connectivity index (χ3n) is 10.9. The normalized spacial score (nSPS) is 11.9. The highest BCUT2D eigenvalue weighted by Gasteiger charge is 2.22. The molecule has 0 saturated heterocycles. The van der Waals surface area contributed by atoms with Crippen LogP contribution in [0.5, 0.6) is 0 Å². The van der Waals surface area contributed by atoms with Crippen molar-refractivity contribution >= 4 is 75.4 Å². The van der Waals surface area contributed by atoms with E-state index in [1.807, 2.05) is 90.2 Å². The van der Waals surface area contributed by atoms with Crippen molar-refractivity contribution < 1.29 is 8.83 Å². The van der Waals surface area contributed by atoms with Gasteiger partial charge in [0.2, 0.25) is 0 Å². The summed E-state index contributed by atoms with van der Waals surface area (Å²) < 4.78 is 16.1. The van der Waals surface area contributed by atoms with Crippen LogP contribution in [0.3, 0.4) is 0 Å². The Kier molecular flexibility index (Phi) is 7.03. The van der Waals surface area contributed by atoms with Crippen molar-refractivity contribution in [2.45, 2.75) is 0 Å². The molecule has 266 valence electrons. The fourth-order valence-electron chi connectivity index (χ4n) is 8.29. The molecule has 4 heterocycles. The minimum Gasteiger partial charge on any atom is -0.455 e. The van der Waals surface area contributed by atoms with Gasteiger partial charge in [0.15, 0.2) is 17.5 Å². The van der Waals surface area contributed by atoms with Gasteiger partial charge >= 0.3 is 0 Å². The summed E-state index contributed by atoms with van der Waals surface area (Å²) in [4.78, 5) is 15.0. The molecule has 12 rings (SSSR count). The Balaban J connectivity index is 1.10. The highest BCUT2D eigenvalue weighted by Crippen LogP contribution is 2.47. The van der Waals surface area contributed by atoms with Crippen LogP contribution in [0.4, 0.5) is 0 Å². The second-order valence-corrected chi connectivity index (χ2v) is 15.3. The Bertz CT molecular complexity index is 3470. The maximum Gasteiger partial charge on any atom is 0.167 e. The lowest BCUT2D eigenvalue weighted by Gasteiger charge is -2.10. The van der Waals surface area contributed by atoms with E-state index in [2.05, 4.69) is 97.1 Å². The first-order valence-corrected chi connectivity index (χ1v) is 19.7. The number of hydrogen-bond acceptors (Lipinski definition) is 6. The molecule has 0 saturated carbocycles. The van der Waals surface area contributed by atoms with Crippen molar-refractivity contribution in [2.75, 3.05) is 0 Å². The molecule has 0 spiro atoms. The predicted octanol–water partition coefficient (Wildman–Crippen LogP) is 14.4. The molecule has 0 fully saturated rings. The first-order chi connectivity index (χ1) is 28.2. The van der Waals surface area contributed by atoms with E-state index in [1.165, 1.54) is 20.2 Å². The zero-order valence-corrected chi connectivity index (χ0v) is 31.1. The second-order valence-electron chi connectivity index (χ2n) is 14.3. The van der Waals surface area contributed by atoms with E-state index in [-0.39, 0.29) is 0 Å². The fourth-order valence-corrected chi connectivity index (χ4v) is 9.51. The molecular weight excluding hydrogens is 719 g/mol. The summed E-state index contributed by atoms with van der Waals surface area (Å²) in [5, 5.41) is 6.69. The quantitative estimate of drug-likeness (QED) is 0.175. The maximum atomic E-state index is 7.04. The Labute approximate surface area is 330 Å². The van der Waals surface area contributed by atoms with Crippen molar-refractivity contribution in [3.8, 4) is 56.4 Å². The largest absolute Gasteiger partial charge is 0.455 e. The molecule has 5 nitrogen and oxygen atoms in total. The number of thiophene rings is 1. The molecule has 0 unspecified atom stereocenters. The molecule has 8 aromatic carbocycles. The molecule has 6 heteroatoms. The van der Waals surface area contributed by atoms with Crippen molar-refractivity contribution in [1.29, 1.82) is 0 Å². The number of nitrogens with zero attached hydrogens (tertiary/aromatic N) is 3. The number of aromatic nitrogens is 3. The molecule has 0 amide bonds. The van der Waals surface area contributed by atoms with Gasteiger partial charge in [0.25, 0.3) is 0 Å². The summed E-state index contributed by atoms with van der Waals surface area (Å²) in [6.45, 7) is 0. The van der Waals surface area contributed by atoms with Gasteiger partial charge < -0.3 is 8.83 Å². The van der Waals surface area contributed by atoms with Gasteiger partial charge in [-0.25, -0.2) is 15.0 Å². The minimum atomic E-state index is 0.557. The average molecular weight is 748 g/mol. The number of benzene rings is 8. The zero-order valence-electron chi connectivity index (χ0n) is 30.3. The number of hydrogen-bond donors (Lipinski definition) is 0. The van der Waals surface area contributed by atoms with Crippen LogP contribution in [0, 0.1) is 0 Å². The lowest BCUT2D eigenvalue weighted by atomic mass is 9.94. The summed E-state index contributed by atoms with van der Waals surface area (Å²) in [6.07, 6.45) is 0. The molecular formula is C51H29N3O2S. The highest BCUT2D eigenvalue weighted by molar-refractivity contribution is 7.26. The van der Waals surface area contributed by atoms with E-state index in [9.17, 15) is 0 Å². The van der Waals surface area contributed by atoms with Crippen molar-refractivity contribution in [1.82, 2.24) is 15.0 Å². The number of rotatable bonds is 5. The van der Waals surface area contributed by atoms with E-state index < -0.39 is 0 Å². The predicted molar refractivity (Wildman–Crippen MR) is 234 cm³/mol. The molecule has 0 aliphatic rings. The van der Waals surface area contributed by atoms with Crippen LogP contribution in [-0.4, -0.2) is 15.0 Å². The van der Waals surface area contributed by atoms with Crippen LogP contribution >= 0.6 is 11.3 Å². The Morgan fingerprint density at radius 3 is 1.58 bits per heavy atom. The van der Waals surface area contributed by atoms with E-state index in [0.29, 0.717) is 17.5 Å². The SMILES string of the molecule is c1ccc(-c2nc(-c3ccccc3)nc(-c3cccc4c3oc3c(-c5cc(-c6cccc7c6oc6ccccc67)c6sc7ccccc7c6c5)cccc34)n2)cc1. The van der Waals surface area contributed by atoms with Crippen molar-refractivity contribution in [3.63, 3.8) is 0 Å². The van der Waals surface area contributed by atoms with Crippen molar-refractivity contribution in [3.05, 3.63) is 176 Å². The van der Waals surface area contributed by atoms with Crippen LogP contribution in [0.15, 0.2) is 185 Å². The van der Waals surface area contributed by atoms with Gasteiger partial charge in [-0.15, -0.1) is 11.3 Å². The second kappa shape index (κ2) is 12.6. The molecule has 0 atom stereocenters. The van der Waals surface area contributed by atoms with E-state index in [4.69, 9.17) is 23.8 Å². The van der Waals surface area contributed by atoms with Crippen molar-refractivity contribution in [2.24, 2.45) is 0 Å². The lowest BCUT2D eigenvalue weighted by Crippen LogP contribution is -2.00. The van der Waals surface area contributed by atoms with Gasteiger partial charge in [0.05, 0.1) is 5.56 Å². The van der Waals surface area contributed by atoms with Crippen LogP contribution in [0.25, 0.3) is 120 Å². The summed E-state index contributed by atoms with van der Waals surface area (Å²) in [5.74, 6) is 1.77. The minimum absolute atomic E-state index is 0.557. The molecule has 4 aromatic heterocycles. The average Bonchev–Trinajstić information content (AvgIpc) is 3.98. The van der Waals surface area contributed by atoms with E-state index in [1.54, 1.807) is 0 Å². The smallest absolute Gasteiger partial charge is 0.167 e. The standard InChI is InChI=1S/C51H29N3O2S/c1-3-14-30(15-4-1)49-52-50(31-16-5-2-6-17-31)54-51(53-49)40-25-13-23-38-37-22-11-20-33(45(37)56-47(38)40)32-28-41-35-19-8-10-27-44(35)57-48(41)42(29-32)39-24-12-21-36-34-18-7-9-26-43(34)55-46(36)39/h1-29H. The molecule has 0 aliphatic carbocycles. The lowest BCUT2D eigenvalue weighted by molar-refractivity contribution is 0.670.